The molecule has 0 aliphatic heterocycles. The quantitative estimate of drug-likeness (QED) is 0.838. The van der Waals surface area contributed by atoms with Crippen LogP contribution in [0, 0.1) is 0 Å². The monoisotopic (exact) mass is 216 g/mol. The van der Waals surface area contributed by atoms with Crippen LogP contribution in [0.1, 0.15) is 19.4 Å². The predicted octanol–water partition coefficient (Wildman–Crippen LogP) is 2.60. The molecule has 4 heteroatoms. The van der Waals surface area contributed by atoms with E-state index in [2.05, 4.69) is 4.74 Å². The molecule has 1 N–H and O–H groups in total. The molecule has 0 aromatic heterocycles. The average molecular weight is 216 g/mol. The second-order valence-electron chi connectivity index (χ2n) is 4.02. The summed E-state index contributed by atoms with van der Waals surface area (Å²) < 4.78 is 28.1. The van der Waals surface area contributed by atoms with Gasteiger partial charge in [-0.3, -0.25) is 0 Å². The van der Waals surface area contributed by atoms with E-state index < -0.39 is 12.2 Å². The van der Waals surface area contributed by atoms with Gasteiger partial charge in [0.15, 0.2) is 0 Å². The molecular formula is C11H14F2O2. The maximum atomic E-state index is 11.9. The largest absolute Gasteiger partial charge is 0.435 e. The summed E-state index contributed by atoms with van der Waals surface area (Å²) in [7, 11) is 0. The molecule has 0 heterocycles. The zero-order chi connectivity index (χ0) is 11.5. The number of benzene rings is 1. The van der Waals surface area contributed by atoms with Crippen LogP contribution in [0.5, 0.6) is 5.75 Å². The minimum atomic E-state index is -2.82. The molecule has 0 saturated carbocycles. The number of halogens is 2. The molecule has 0 saturated heterocycles. The van der Waals surface area contributed by atoms with E-state index in [1.807, 2.05) is 0 Å². The Hall–Kier alpha value is -1.16. The molecule has 0 radical (unpaired) electrons. The summed E-state index contributed by atoms with van der Waals surface area (Å²) >= 11 is 0. The van der Waals surface area contributed by atoms with Crippen molar-refractivity contribution in [1.29, 1.82) is 0 Å². The van der Waals surface area contributed by atoms with Crippen molar-refractivity contribution >= 4 is 0 Å². The van der Waals surface area contributed by atoms with E-state index in [0.717, 1.165) is 5.56 Å². The third kappa shape index (κ3) is 4.74. The molecule has 1 rings (SSSR count). The van der Waals surface area contributed by atoms with Gasteiger partial charge in [0, 0.05) is 6.42 Å². The first-order chi connectivity index (χ1) is 6.87. The van der Waals surface area contributed by atoms with Crippen molar-refractivity contribution < 1.29 is 18.6 Å². The van der Waals surface area contributed by atoms with Crippen LogP contribution in [-0.2, 0) is 6.42 Å². The highest BCUT2D eigenvalue weighted by atomic mass is 19.3. The standard InChI is InChI=1S/C11H14F2O2/c1-11(2,14)7-8-4-3-5-9(6-8)15-10(12)13/h3-6,10,14H,7H2,1-2H3. The van der Waals surface area contributed by atoms with Crippen molar-refractivity contribution in [3.63, 3.8) is 0 Å². The summed E-state index contributed by atoms with van der Waals surface area (Å²) in [5.41, 5.74) is -0.0932. The lowest BCUT2D eigenvalue weighted by atomic mass is 9.99. The summed E-state index contributed by atoms with van der Waals surface area (Å²) in [6, 6.07) is 6.35. The second kappa shape index (κ2) is 4.57. The molecule has 0 aliphatic rings. The molecule has 0 atom stereocenters. The van der Waals surface area contributed by atoms with Gasteiger partial charge in [0.2, 0.25) is 0 Å². The molecule has 2 nitrogen and oxygen atoms in total. The lowest BCUT2D eigenvalue weighted by molar-refractivity contribution is -0.0498. The van der Waals surface area contributed by atoms with Crippen LogP contribution in [0.2, 0.25) is 0 Å². The molecule has 84 valence electrons. The van der Waals surface area contributed by atoms with E-state index in [1.54, 1.807) is 26.0 Å². The number of alkyl halides is 2. The first-order valence-corrected chi connectivity index (χ1v) is 4.63. The molecule has 0 spiro atoms. The molecule has 15 heavy (non-hydrogen) atoms. The van der Waals surface area contributed by atoms with Crippen molar-refractivity contribution in [3.8, 4) is 5.75 Å². The highest BCUT2D eigenvalue weighted by Crippen LogP contribution is 2.19. The summed E-state index contributed by atoms with van der Waals surface area (Å²) in [4.78, 5) is 0. The van der Waals surface area contributed by atoms with E-state index in [9.17, 15) is 13.9 Å². The molecule has 1 aromatic carbocycles. The van der Waals surface area contributed by atoms with Gasteiger partial charge in [-0.05, 0) is 31.5 Å². The van der Waals surface area contributed by atoms with Gasteiger partial charge in [0.05, 0.1) is 5.60 Å². The maximum absolute atomic E-state index is 11.9. The Morgan fingerprint density at radius 2 is 2.07 bits per heavy atom. The number of aliphatic hydroxyl groups is 1. The molecular weight excluding hydrogens is 202 g/mol. The first kappa shape index (κ1) is 11.9. The summed E-state index contributed by atoms with van der Waals surface area (Å²) in [5, 5.41) is 9.55. The van der Waals surface area contributed by atoms with E-state index in [0.29, 0.717) is 6.42 Å². The van der Waals surface area contributed by atoms with Crippen LogP contribution < -0.4 is 4.74 Å². The van der Waals surface area contributed by atoms with E-state index in [-0.39, 0.29) is 5.75 Å². The van der Waals surface area contributed by atoms with Gasteiger partial charge in [0.25, 0.3) is 0 Å². The smallest absolute Gasteiger partial charge is 0.387 e. The Morgan fingerprint density at radius 1 is 1.40 bits per heavy atom. The highest BCUT2D eigenvalue weighted by molar-refractivity contribution is 5.29. The van der Waals surface area contributed by atoms with Crippen LogP contribution in [0.15, 0.2) is 24.3 Å². The fraction of sp³-hybridized carbons (Fsp3) is 0.455. The molecule has 0 unspecified atom stereocenters. The van der Waals surface area contributed by atoms with Gasteiger partial charge in [-0.25, -0.2) is 0 Å². The van der Waals surface area contributed by atoms with Crippen LogP contribution >= 0.6 is 0 Å². The average Bonchev–Trinajstić information content (AvgIpc) is 1.99. The number of hydrogen-bond acceptors (Lipinski definition) is 2. The zero-order valence-corrected chi connectivity index (χ0v) is 8.71. The summed E-state index contributed by atoms with van der Waals surface area (Å²) in [6.07, 6.45) is 0.396. The topological polar surface area (TPSA) is 29.5 Å². The van der Waals surface area contributed by atoms with Gasteiger partial charge in [0.1, 0.15) is 5.75 Å². The first-order valence-electron chi connectivity index (χ1n) is 4.63. The second-order valence-corrected chi connectivity index (χ2v) is 4.02. The van der Waals surface area contributed by atoms with Gasteiger partial charge >= 0.3 is 6.61 Å². The number of ether oxygens (including phenoxy) is 1. The van der Waals surface area contributed by atoms with E-state index >= 15 is 0 Å². The summed E-state index contributed by atoms with van der Waals surface area (Å²) in [5.74, 6) is 0.117. The van der Waals surface area contributed by atoms with Crippen LogP contribution in [0.3, 0.4) is 0 Å². The SMILES string of the molecule is CC(C)(O)Cc1cccc(OC(F)F)c1. The maximum Gasteiger partial charge on any atom is 0.387 e. The third-order valence-electron chi connectivity index (χ3n) is 1.76. The Kier molecular flexibility index (Phi) is 3.63. The zero-order valence-electron chi connectivity index (χ0n) is 8.71. The van der Waals surface area contributed by atoms with Gasteiger partial charge in [-0.2, -0.15) is 8.78 Å². The predicted molar refractivity (Wildman–Crippen MR) is 53.1 cm³/mol. The van der Waals surface area contributed by atoms with Gasteiger partial charge in [-0.1, -0.05) is 12.1 Å². The lowest BCUT2D eigenvalue weighted by Gasteiger charge is -2.17. The fourth-order valence-electron chi connectivity index (χ4n) is 1.33. The van der Waals surface area contributed by atoms with Gasteiger partial charge < -0.3 is 9.84 Å². The summed E-state index contributed by atoms with van der Waals surface area (Å²) in [6.45, 7) is 0.503. The Balaban J connectivity index is 2.74. The van der Waals surface area contributed by atoms with E-state index in [1.165, 1.54) is 12.1 Å². The Labute approximate surface area is 87.5 Å². The molecule has 0 amide bonds. The Morgan fingerprint density at radius 3 is 2.60 bits per heavy atom. The van der Waals surface area contributed by atoms with Crippen molar-refractivity contribution in [2.24, 2.45) is 0 Å². The normalized spacial score (nSPS) is 11.9. The number of rotatable bonds is 4. The molecule has 0 aliphatic carbocycles. The molecule has 1 aromatic rings. The molecule has 0 bridgehead atoms. The van der Waals surface area contributed by atoms with E-state index in [4.69, 9.17) is 0 Å². The fourth-order valence-corrected chi connectivity index (χ4v) is 1.33. The lowest BCUT2D eigenvalue weighted by Crippen LogP contribution is -2.21. The van der Waals surface area contributed by atoms with Crippen molar-refractivity contribution in [1.82, 2.24) is 0 Å². The minimum absolute atomic E-state index is 0.117. The minimum Gasteiger partial charge on any atom is -0.435 e. The van der Waals surface area contributed by atoms with Gasteiger partial charge in [-0.15, -0.1) is 0 Å². The van der Waals surface area contributed by atoms with Crippen molar-refractivity contribution in [3.05, 3.63) is 29.8 Å². The molecule has 0 fully saturated rings. The van der Waals surface area contributed by atoms with Crippen molar-refractivity contribution in [2.75, 3.05) is 0 Å². The van der Waals surface area contributed by atoms with Crippen LogP contribution in [-0.4, -0.2) is 17.3 Å². The highest BCUT2D eigenvalue weighted by Gasteiger charge is 2.14. The third-order valence-corrected chi connectivity index (χ3v) is 1.76. The van der Waals surface area contributed by atoms with Crippen molar-refractivity contribution in [2.45, 2.75) is 32.5 Å². The Bertz CT molecular complexity index is 319. The van der Waals surface area contributed by atoms with Crippen LogP contribution in [0.4, 0.5) is 8.78 Å². The number of hydrogen-bond donors (Lipinski definition) is 1. The van der Waals surface area contributed by atoms with Crippen LogP contribution in [0.25, 0.3) is 0 Å².